The van der Waals surface area contributed by atoms with E-state index in [0.29, 0.717) is 19.6 Å². The van der Waals surface area contributed by atoms with E-state index in [2.05, 4.69) is 4.74 Å². The minimum absolute atomic E-state index is 0.304. The summed E-state index contributed by atoms with van der Waals surface area (Å²) in [5.74, 6) is 1.58. The number of ether oxygens (including phenoxy) is 3. The number of fused-ring (bicyclic) bond motifs is 1. The largest absolute Gasteiger partial charge is 0.483 e. The Hall–Kier alpha value is -0.870. The summed E-state index contributed by atoms with van der Waals surface area (Å²) >= 11 is 1.55. The summed E-state index contributed by atoms with van der Waals surface area (Å²) in [4.78, 5) is 0. The van der Waals surface area contributed by atoms with Gasteiger partial charge in [0.1, 0.15) is 6.61 Å². The van der Waals surface area contributed by atoms with E-state index in [9.17, 15) is 8.42 Å². The molecule has 2 atom stereocenters. The number of nitrogens with two attached hydrogens (primary N) is 1. The Morgan fingerprint density at radius 2 is 2.20 bits per heavy atom. The van der Waals surface area contributed by atoms with Crippen molar-refractivity contribution in [3.63, 3.8) is 0 Å². The van der Waals surface area contributed by atoms with Gasteiger partial charge in [0, 0.05) is 24.5 Å². The third-order valence-electron chi connectivity index (χ3n) is 2.51. The fourth-order valence-electron chi connectivity index (χ4n) is 1.27. The van der Waals surface area contributed by atoms with Gasteiger partial charge in [-0.2, -0.15) is 8.42 Å². The third-order valence-corrected chi connectivity index (χ3v) is 4.46. The van der Waals surface area contributed by atoms with Crippen molar-refractivity contribution in [2.45, 2.75) is 24.8 Å². The Bertz CT molecular complexity index is 501. The number of thiophene rings is 1. The van der Waals surface area contributed by atoms with Crippen molar-refractivity contribution in [1.82, 2.24) is 0 Å². The van der Waals surface area contributed by atoms with Crippen LogP contribution < -0.4 is 15.2 Å². The van der Waals surface area contributed by atoms with Crippen molar-refractivity contribution in [1.29, 1.82) is 0 Å². The van der Waals surface area contributed by atoms with Gasteiger partial charge in [-0.1, -0.05) is 0 Å². The van der Waals surface area contributed by atoms with Gasteiger partial charge in [-0.25, -0.2) is 0 Å². The number of hydrogen-bond acceptors (Lipinski definition) is 7. The molecule has 2 heterocycles. The van der Waals surface area contributed by atoms with Gasteiger partial charge in [0.25, 0.3) is 10.1 Å². The van der Waals surface area contributed by atoms with Crippen LogP contribution in [0.3, 0.4) is 0 Å². The van der Waals surface area contributed by atoms with Crippen molar-refractivity contribution in [2.24, 2.45) is 5.73 Å². The molecule has 0 saturated carbocycles. The molecule has 0 aromatic carbocycles. The average molecular weight is 325 g/mol. The summed E-state index contributed by atoms with van der Waals surface area (Å²) in [6.07, 6.45) is 0.0251. The molecule has 0 radical (unpaired) electrons. The second kappa shape index (κ2) is 7.79. The quantitative estimate of drug-likeness (QED) is 0.798. The first-order chi connectivity index (χ1) is 9.34. The minimum Gasteiger partial charge on any atom is -0.483 e. The van der Waals surface area contributed by atoms with Crippen LogP contribution in [0.1, 0.15) is 13.3 Å². The molecule has 3 N–H and O–H groups in total. The summed E-state index contributed by atoms with van der Waals surface area (Å²) in [5, 5.41) is 3.06. The Morgan fingerprint density at radius 1 is 1.55 bits per heavy atom. The molecule has 0 aliphatic carbocycles. The third kappa shape index (κ3) is 5.63. The van der Waals surface area contributed by atoms with Crippen LogP contribution in [0.4, 0.5) is 0 Å². The van der Waals surface area contributed by atoms with Crippen LogP contribution in [0.5, 0.6) is 11.5 Å². The minimum atomic E-state index is -3.86. The molecule has 0 amide bonds. The van der Waals surface area contributed by atoms with E-state index in [1.165, 1.54) is 14.0 Å². The first-order valence-corrected chi connectivity index (χ1v) is 8.35. The van der Waals surface area contributed by atoms with Crippen LogP contribution >= 0.6 is 11.3 Å². The van der Waals surface area contributed by atoms with Gasteiger partial charge >= 0.3 is 0 Å². The lowest BCUT2D eigenvalue weighted by Crippen LogP contribution is -2.36. The van der Waals surface area contributed by atoms with Gasteiger partial charge in [0.15, 0.2) is 17.7 Å². The van der Waals surface area contributed by atoms with Gasteiger partial charge in [0.2, 0.25) is 0 Å². The monoisotopic (exact) mass is 325 g/mol. The zero-order valence-corrected chi connectivity index (χ0v) is 12.9. The van der Waals surface area contributed by atoms with Crippen LogP contribution in [0.2, 0.25) is 0 Å². The van der Waals surface area contributed by atoms with Gasteiger partial charge in [-0.15, -0.1) is 11.3 Å². The molecule has 1 aliphatic heterocycles. The lowest BCUT2D eigenvalue weighted by molar-refractivity contribution is 0.0972. The predicted molar refractivity (Wildman–Crippen MR) is 75.9 cm³/mol. The summed E-state index contributed by atoms with van der Waals surface area (Å²) in [5.41, 5.74) is 5.47. The summed E-state index contributed by atoms with van der Waals surface area (Å²) in [6, 6.07) is 0. The van der Waals surface area contributed by atoms with Crippen LogP contribution in [0.25, 0.3) is 0 Å². The van der Waals surface area contributed by atoms with Crippen LogP contribution in [0.15, 0.2) is 10.8 Å². The molecule has 1 aromatic heterocycles. The maximum Gasteiger partial charge on any atom is 0.267 e. The van der Waals surface area contributed by atoms with E-state index in [1.807, 2.05) is 10.8 Å². The van der Waals surface area contributed by atoms with Crippen LogP contribution in [0, 0.1) is 0 Å². The Balaban J connectivity index is 0.000000200. The van der Waals surface area contributed by atoms with Crippen molar-refractivity contribution in [2.75, 3.05) is 20.3 Å². The molecular formula is C11H19NO6S2. The molecule has 0 fully saturated rings. The van der Waals surface area contributed by atoms with Crippen molar-refractivity contribution in [3.8, 4) is 11.5 Å². The van der Waals surface area contributed by atoms with Gasteiger partial charge in [0.05, 0.1) is 5.25 Å². The highest BCUT2D eigenvalue weighted by atomic mass is 32.2. The molecule has 0 spiro atoms. The number of rotatable bonds is 4. The summed E-state index contributed by atoms with van der Waals surface area (Å²) in [6.45, 7) is 2.24. The first-order valence-electron chi connectivity index (χ1n) is 5.91. The molecule has 9 heteroatoms. The molecule has 2 rings (SSSR count). The number of methoxy groups -OCH3 is 1. The first kappa shape index (κ1) is 17.2. The standard InChI is InChI=1S/C6H7NO2S.C5H12O4S/c7-6-1-8-4-2-10-3-5(4)9-6;1-5(3-4-9-2)10(6,7)8/h2-3,6H,1,7H2;5H,3-4H2,1-2H3,(H,6,7,8). The van der Waals surface area contributed by atoms with Crippen molar-refractivity contribution >= 4 is 21.5 Å². The second-order valence-electron chi connectivity index (χ2n) is 4.17. The van der Waals surface area contributed by atoms with Crippen LogP contribution in [-0.4, -0.2) is 44.8 Å². The maximum absolute atomic E-state index is 10.3. The highest BCUT2D eigenvalue weighted by molar-refractivity contribution is 7.86. The van der Waals surface area contributed by atoms with Gasteiger partial charge in [-0.3, -0.25) is 10.3 Å². The molecular weight excluding hydrogens is 306 g/mol. The Morgan fingerprint density at radius 3 is 2.80 bits per heavy atom. The molecule has 1 aromatic rings. The normalized spacial score (nSPS) is 18.9. The van der Waals surface area contributed by atoms with E-state index < -0.39 is 15.4 Å². The SMILES string of the molecule is COCCC(C)S(=O)(=O)O.NC1COc2cscc2O1. The van der Waals surface area contributed by atoms with Crippen molar-refractivity contribution in [3.05, 3.63) is 10.8 Å². The van der Waals surface area contributed by atoms with E-state index in [0.717, 1.165) is 11.5 Å². The fourth-order valence-corrected chi connectivity index (χ4v) is 2.33. The zero-order chi connectivity index (χ0) is 15.2. The molecule has 116 valence electrons. The lowest BCUT2D eigenvalue weighted by atomic mass is 10.3. The molecule has 0 saturated heterocycles. The summed E-state index contributed by atoms with van der Waals surface area (Å²) in [7, 11) is -2.37. The van der Waals surface area contributed by atoms with Gasteiger partial charge < -0.3 is 14.2 Å². The average Bonchev–Trinajstić information content (AvgIpc) is 2.82. The molecule has 2 unspecified atom stereocenters. The highest BCUT2D eigenvalue weighted by Crippen LogP contribution is 2.34. The summed E-state index contributed by atoms with van der Waals surface area (Å²) < 4.78 is 44.2. The molecule has 1 aliphatic rings. The predicted octanol–water partition coefficient (Wildman–Crippen LogP) is 1.10. The second-order valence-corrected chi connectivity index (χ2v) is 6.75. The van der Waals surface area contributed by atoms with E-state index in [1.54, 1.807) is 11.3 Å². The molecule has 0 bridgehead atoms. The topological polar surface area (TPSA) is 108 Å². The molecule has 20 heavy (non-hydrogen) atoms. The Kier molecular flexibility index (Phi) is 6.69. The smallest absolute Gasteiger partial charge is 0.267 e. The zero-order valence-electron chi connectivity index (χ0n) is 11.3. The fraction of sp³-hybridized carbons (Fsp3) is 0.636. The lowest BCUT2D eigenvalue weighted by Gasteiger charge is -2.20. The maximum atomic E-state index is 10.3. The highest BCUT2D eigenvalue weighted by Gasteiger charge is 2.17. The number of hydrogen-bond donors (Lipinski definition) is 2. The van der Waals surface area contributed by atoms with Crippen molar-refractivity contribution < 1.29 is 27.2 Å². The van der Waals surface area contributed by atoms with Gasteiger partial charge in [-0.05, 0) is 13.3 Å². The van der Waals surface area contributed by atoms with E-state index in [-0.39, 0.29) is 6.23 Å². The van der Waals surface area contributed by atoms with E-state index in [4.69, 9.17) is 19.8 Å². The Labute approximate surface area is 122 Å². The molecule has 7 nitrogen and oxygen atoms in total. The van der Waals surface area contributed by atoms with Crippen LogP contribution in [-0.2, 0) is 14.9 Å². The van der Waals surface area contributed by atoms with E-state index >= 15 is 0 Å².